The fraction of sp³-hybridized carbons (Fsp3) is 1.00. The Morgan fingerprint density at radius 2 is 1.82 bits per heavy atom. The highest BCUT2D eigenvalue weighted by atomic mass is 16.3. The first-order chi connectivity index (χ1) is 5.06. The summed E-state index contributed by atoms with van der Waals surface area (Å²) < 4.78 is 0. The Balaban J connectivity index is 4.01. The second-order valence-corrected chi connectivity index (χ2v) is 4.03. The highest BCUT2D eigenvalue weighted by Crippen LogP contribution is 2.35. The average Bonchev–Trinajstić information content (AvgIpc) is 1.88. The first-order valence-corrected chi connectivity index (χ1v) is 4.67. The quantitative estimate of drug-likeness (QED) is 0.652. The number of hydrogen-bond acceptors (Lipinski definition) is 1. The van der Waals surface area contributed by atoms with Crippen LogP contribution in [-0.4, -0.2) is 11.7 Å². The number of rotatable bonds is 5. The molecule has 1 nitrogen and oxygen atoms in total. The van der Waals surface area contributed by atoms with E-state index in [0.29, 0.717) is 17.9 Å². The van der Waals surface area contributed by atoms with Crippen LogP contribution in [-0.2, 0) is 0 Å². The summed E-state index contributed by atoms with van der Waals surface area (Å²) in [5.41, 5.74) is 0.351. The fourth-order valence-corrected chi connectivity index (χ4v) is 1.53. The molecule has 0 aromatic carbocycles. The van der Waals surface area contributed by atoms with E-state index in [1.165, 1.54) is 12.8 Å². The van der Waals surface area contributed by atoms with Crippen molar-refractivity contribution in [2.75, 3.05) is 6.61 Å². The van der Waals surface area contributed by atoms with E-state index >= 15 is 0 Å². The molecule has 0 radical (unpaired) electrons. The Labute approximate surface area is 70.8 Å². The summed E-state index contributed by atoms with van der Waals surface area (Å²) in [4.78, 5) is 0. The van der Waals surface area contributed by atoms with Gasteiger partial charge in [-0.15, -0.1) is 0 Å². The molecule has 0 bridgehead atoms. The lowest BCUT2D eigenvalue weighted by Crippen LogP contribution is -2.24. The molecule has 1 atom stereocenters. The molecule has 0 aliphatic heterocycles. The number of aliphatic hydroxyl groups is 1. The zero-order chi connectivity index (χ0) is 8.91. The summed E-state index contributed by atoms with van der Waals surface area (Å²) in [6, 6.07) is 0. The summed E-state index contributed by atoms with van der Waals surface area (Å²) in [5.74, 6) is 0.676. The van der Waals surface area contributed by atoms with Crippen LogP contribution >= 0.6 is 0 Å². The van der Waals surface area contributed by atoms with Gasteiger partial charge in [-0.1, -0.05) is 34.1 Å². The SMILES string of the molecule is CCCC(C)(CCO)C(C)C. The number of aliphatic hydroxyl groups excluding tert-OH is 1. The fourth-order valence-electron chi connectivity index (χ4n) is 1.53. The normalized spacial score (nSPS) is 16.9. The molecular weight excluding hydrogens is 136 g/mol. The van der Waals surface area contributed by atoms with Crippen LogP contribution in [0, 0.1) is 11.3 Å². The lowest BCUT2D eigenvalue weighted by atomic mass is 9.73. The van der Waals surface area contributed by atoms with E-state index in [9.17, 15) is 0 Å². The van der Waals surface area contributed by atoms with Crippen molar-refractivity contribution in [2.24, 2.45) is 11.3 Å². The smallest absolute Gasteiger partial charge is 0.0436 e. The molecule has 0 heterocycles. The largest absolute Gasteiger partial charge is 0.396 e. The Bertz CT molecular complexity index is 91.0. The molecule has 0 saturated heterocycles. The molecule has 0 aromatic heterocycles. The average molecular weight is 158 g/mol. The second kappa shape index (κ2) is 4.76. The minimum absolute atomic E-state index is 0.328. The monoisotopic (exact) mass is 158 g/mol. The van der Waals surface area contributed by atoms with Crippen LogP contribution < -0.4 is 0 Å². The second-order valence-electron chi connectivity index (χ2n) is 4.03. The van der Waals surface area contributed by atoms with Crippen LogP contribution in [0.1, 0.15) is 47.0 Å². The van der Waals surface area contributed by atoms with Crippen LogP contribution in [0.25, 0.3) is 0 Å². The standard InChI is InChI=1S/C10H22O/c1-5-6-10(4,7-8-11)9(2)3/h9,11H,5-8H2,1-4H3. The molecule has 0 fully saturated rings. The Kier molecular flexibility index (Phi) is 4.74. The Morgan fingerprint density at radius 3 is 2.09 bits per heavy atom. The molecule has 1 heteroatoms. The van der Waals surface area contributed by atoms with Gasteiger partial charge in [-0.2, -0.15) is 0 Å². The van der Waals surface area contributed by atoms with Gasteiger partial charge in [0.2, 0.25) is 0 Å². The van der Waals surface area contributed by atoms with Crippen molar-refractivity contribution in [1.29, 1.82) is 0 Å². The van der Waals surface area contributed by atoms with Gasteiger partial charge in [0.05, 0.1) is 0 Å². The molecule has 11 heavy (non-hydrogen) atoms. The summed E-state index contributed by atoms with van der Waals surface area (Å²) in [5, 5.41) is 8.88. The summed E-state index contributed by atoms with van der Waals surface area (Å²) in [6.07, 6.45) is 3.39. The van der Waals surface area contributed by atoms with Crippen LogP contribution in [0.3, 0.4) is 0 Å². The number of hydrogen-bond donors (Lipinski definition) is 1. The van der Waals surface area contributed by atoms with Gasteiger partial charge in [-0.3, -0.25) is 0 Å². The molecule has 68 valence electrons. The molecule has 1 N–H and O–H groups in total. The zero-order valence-electron chi connectivity index (χ0n) is 8.35. The molecule has 0 saturated carbocycles. The summed E-state index contributed by atoms with van der Waals surface area (Å²) in [6.45, 7) is 9.29. The van der Waals surface area contributed by atoms with Crippen LogP contribution in [0.2, 0.25) is 0 Å². The Hall–Kier alpha value is -0.0400. The van der Waals surface area contributed by atoms with E-state index in [1.54, 1.807) is 0 Å². The van der Waals surface area contributed by atoms with Gasteiger partial charge < -0.3 is 5.11 Å². The van der Waals surface area contributed by atoms with Crippen LogP contribution in [0.15, 0.2) is 0 Å². The third-order valence-corrected chi connectivity index (χ3v) is 2.90. The maximum Gasteiger partial charge on any atom is 0.0436 e. The lowest BCUT2D eigenvalue weighted by molar-refractivity contribution is 0.132. The van der Waals surface area contributed by atoms with Gasteiger partial charge >= 0.3 is 0 Å². The predicted octanol–water partition coefficient (Wildman–Crippen LogP) is 2.83. The van der Waals surface area contributed by atoms with Gasteiger partial charge in [0.25, 0.3) is 0 Å². The summed E-state index contributed by atoms with van der Waals surface area (Å²) in [7, 11) is 0. The van der Waals surface area contributed by atoms with Crippen molar-refractivity contribution < 1.29 is 5.11 Å². The van der Waals surface area contributed by atoms with Gasteiger partial charge in [0, 0.05) is 6.61 Å². The molecule has 0 aromatic rings. The van der Waals surface area contributed by atoms with Gasteiger partial charge in [-0.05, 0) is 24.2 Å². The summed E-state index contributed by atoms with van der Waals surface area (Å²) >= 11 is 0. The molecule has 0 aliphatic rings. The van der Waals surface area contributed by atoms with E-state index < -0.39 is 0 Å². The van der Waals surface area contributed by atoms with Crippen molar-refractivity contribution in [3.63, 3.8) is 0 Å². The van der Waals surface area contributed by atoms with E-state index in [-0.39, 0.29) is 0 Å². The van der Waals surface area contributed by atoms with Crippen LogP contribution in [0.5, 0.6) is 0 Å². The highest BCUT2D eigenvalue weighted by Gasteiger charge is 2.26. The van der Waals surface area contributed by atoms with Crippen molar-refractivity contribution in [2.45, 2.75) is 47.0 Å². The van der Waals surface area contributed by atoms with Crippen molar-refractivity contribution >= 4 is 0 Å². The van der Waals surface area contributed by atoms with Gasteiger partial charge in [0.15, 0.2) is 0 Å². The lowest BCUT2D eigenvalue weighted by Gasteiger charge is -2.33. The molecule has 1 unspecified atom stereocenters. The first kappa shape index (κ1) is 11.0. The van der Waals surface area contributed by atoms with Gasteiger partial charge in [-0.25, -0.2) is 0 Å². The van der Waals surface area contributed by atoms with Crippen molar-refractivity contribution in [3.8, 4) is 0 Å². The van der Waals surface area contributed by atoms with Crippen molar-refractivity contribution in [3.05, 3.63) is 0 Å². The maximum absolute atomic E-state index is 8.88. The highest BCUT2D eigenvalue weighted by molar-refractivity contribution is 4.76. The van der Waals surface area contributed by atoms with Crippen molar-refractivity contribution in [1.82, 2.24) is 0 Å². The zero-order valence-corrected chi connectivity index (χ0v) is 8.35. The topological polar surface area (TPSA) is 20.2 Å². The minimum atomic E-state index is 0.328. The molecule has 0 amide bonds. The molecule has 0 rings (SSSR count). The van der Waals surface area contributed by atoms with E-state index in [1.807, 2.05) is 0 Å². The van der Waals surface area contributed by atoms with Crippen LogP contribution in [0.4, 0.5) is 0 Å². The van der Waals surface area contributed by atoms with Gasteiger partial charge in [0.1, 0.15) is 0 Å². The Morgan fingerprint density at radius 1 is 1.27 bits per heavy atom. The molecule has 0 aliphatic carbocycles. The predicted molar refractivity (Wildman–Crippen MR) is 49.6 cm³/mol. The third kappa shape index (κ3) is 3.24. The van der Waals surface area contributed by atoms with E-state index in [2.05, 4.69) is 27.7 Å². The van der Waals surface area contributed by atoms with E-state index in [4.69, 9.17) is 5.11 Å². The third-order valence-electron chi connectivity index (χ3n) is 2.90. The maximum atomic E-state index is 8.88. The molecule has 0 spiro atoms. The molecular formula is C10H22O. The first-order valence-electron chi connectivity index (χ1n) is 4.67. The minimum Gasteiger partial charge on any atom is -0.396 e. The van der Waals surface area contributed by atoms with E-state index in [0.717, 1.165) is 6.42 Å².